The molecule has 3 nitrogen and oxygen atoms in total. The van der Waals surface area contributed by atoms with Crippen LogP contribution in [0.3, 0.4) is 0 Å². The maximum Gasteiger partial charge on any atom is 0.337 e. The van der Waals surface area contributed by atoms with Crippen molar-refractivity contribution in [2.45, 2.75) is 31.2 Å². The van der Waals surface area contributed by atoms with Crippen molar-refractivity contribution in [1.82, 2.24) is 4.90 Å². The summed E-state index contributed by atoms with van der Waals surface area (Å²) in [7, 11) is 0. The molecule has 3 unspecified atom stereocenters. The van der Waals surface area contributed by atoms with Gasteiger partial charge in [-0.15, -0.1) is 11.6 Å². The second kappa shape index (κ2) is 5.74. The summed E-state index contributed by atoms with van der Waals surface area (Å²) in [6.07, 6.45) is 10.4. The van der Waals surface area contributed by atoms with Gasteiger partial charge in [-0.25, -0.2) is 4.79 Å². The van der Waals surface area contributed by atoms with Gasteiger partial charge in [0.25, 0.3) is 0 Å². The molecular weight excluding hydrogens is 274 g/mol. The van der Waals surface area contributed by atoms with Gasteiger partial charge in [-0.3, -0.25) is 4.90 Å². The highest BCUT2D eigenvalue weighted by Gasteiger charge is 2.40. The zero-order valence-electron chi connectivity index (χ0n) is 11.7. The Hall–Kier alpha value is -1.06. The van der Waals surface area contributed by atoms with Crippen LogP contribution in [0.2, 0.25) is 0 Å². The molecule has 2 heterocycles. The van der Waals surface area contributed by atoms with Gasteiger partial charge in [0, 0.05) is 12.6 Å². The Balaban J connectivity index is 1.95. The highest BCUT2D eigenvalue weighted by molar-refractivity contribution is 6.23. The largest absolute Gasteiger partial charge is 0.462 e. The van der Waals surface area contributed by atoms with Gasteiger partial charge in [0.2, 0.25) is 0 Å². The minimum Gasteiger partial charge on any atom is -0.462 e. The van der Waals surface area contributed by atoms with Crippen LogP contribution in [0.4, 0.5) is 0 Å². The van der Waals surface area contributed by atoms with Crippen LogP contribution in [0, 0.1) is 5.92 Å². The van der Waals surface area contributed by atoms with Crippen molar-refractivity contribution in [2.24, 2.45) is 5.92 Å². The number of hydrogen-bond donors (Lipinski definition) is 0. The molecule has 1 saturated heterocycles. The smallest absolute Gasteiger partial charge is 0.337 e. The van der Waals surface area contributed by atoms with Gasteiger partial charge in [-0.1, -0.05) is 18.2 Å². The van der Waals surface area contributed by atoms with E-state index in [4.69, 9.17) is 16.3 Å². The first-order chi connectivity index (χ1) is 9.70. The molecule has 1 fully saturated rings. The highest BCUT2D eigenvalue weighted by atomic mass is 35.5. The van der Waals surface area contributed by atoms with Gasteiger partial charge in [-0.05, 0) is 43.9 Å². The number of allylic oxidation sites excluding steroid dienone is 1. The van der Waals surface area contributed by atoms with Gasteiger partial charge >= 0.3 is 5.97 Å². The molecular formula is C16H20ClNO2. The van der Waals surface area contributed by atoms with E-state index in [0.29, 0.717) is 24.1 Å². The summed E-state index contributed by atoms with van der Waals surface area (Å²) in [6, 6.07) is 0.362. The topological polar surface area (TPSA) is 29.5 Å². The zero-order valence-corrected chi connectivity index (χ0v) is 12.5. The number of alkyl halides is 1. The van der Waals surface area contributed by atoms with E-state index in [1.807, 2.05) is 19.1 Å². The van der Waals surface area contributed by atoms with Crippen molar-refractivity contribution in [3.05, 3.63) is 35.5 Å². The maximum absolute atomic E-state index is 12.0. The molecule has 2 aliphatic heterocycles. The number of halogens is 1. The molecule has 0 N–H and O–H groups in total. The van der Waals surface area contributed by atoms with Crippen molar-refractivity contribution < 1.29 is 9.53 Å². The second-order valence-electron chi connectivity index (χ2n) is 5.54. The van der Waals surface area contributed by atoms with Gasteiger partial charge in [0.15, 0.2) is 0 Å². The molecule has 0 aromatic carbocycles. The third-order valence-electron chi connectivity index (χ3n) is 4.32. The molecule has 0 amide bonds. The summed E-state index contributed by atoms with van der Waals surface area (Å²) < 4.78 is 5.13. The summed E-state index contributed by atoms with van der Waals surface area (Å²) in [6.45, 7) is 4.39. The van der Waals surface area contributed by atoms with Crippen LogP contribution in [0.1, 0.15) is 19.8 Å². The molecule has 4 heteroatoms. The lowest BCUT2D eigenvalue weighted by molar-refractivity contribution is -0.138. The summed E-state index contributed by atoms with van der Waals surface area (Å²) >= 11 is 6.51. The molecule has 3 atom stereocenters. The summed E-state index contributed by atoms with van der Waals surface area (Å²) in [5.74, 6) is 0.161. The van der Waals surface area contributed by atoms with Crippen LogP contribution in [0.15, 0.2) is 35.5 Å². The molecule has 1 aliphatic carbocycles. The lowest BCUT2D eigenvalue weighted by atomic mass is 9.83. The van der Waals surface area contributed by atoms with Gasteiger partial charge in [0.1, 0.15) is 0 Å². The molecule has 3 aliphatic rings. The monoisotopic (exact) mass is 293 g/mol. The number of carbonyl (C=O) groups is 1. The number of ether oxygens (including phenoxy) is 1. The van der Waals surface area contributed by atoms with E-state index < -0.39 is 0 Å². The first kappa shape index (κ1) is 13.9. The normalized spacial score (nSPS) is 32.8. The third-order valence-corrected chi connectivity index (χ3v) is 4.72. The van der Waals surface area contributed by atoms with E-state index in [1.165, 1.54) is 0 Å². The Labute approximate surface area is 124 Å². The highest BCUT2D eigenvalue weighted by Crippen LogP contribution is 2.39. The number of esters is 1. The fourth-order valence-corrected chi connectivity index (χ4v) is 3.76. The predicted molar refractivity (Wildman–Crippen MR) is 79.7 cm³/mol. The Bertz CT molecular complexity index is 495. The summed E-state index contributed by atoms with van der Waals surface area (Å²) in [4.78, 5) is 14.5. The van der Waals surface area contributed by atoms with E-state index in [2.05, 4.69) is 17.1 Å². The zero-order chi connectivity index (χ0) is 14.1. The fourth-order valence-electron chi connectivity index (χ4n) is 3.46. The number of nitrogens with zero attached hydrogens (tertiary/aromatic N) is 1. The van der Waals surface area contributed by atoms with Crippen molar-refractivity contribution >= 4 is 17.6 Å². The summed E-state index contributed by atoms with van der Waals surface area (Å²) in [5.41, 5.74) is 1.82. The van der Waals surface area contributed by atoms with Crippen molar-refractivity contribution in [3.8, 4) is 0 Å². The van der Waals surface area contributed by atoms with Crippen LogP contribution in [0.25, 0.3) is 0 Å². The Morgan fingerprint density at radius 3 is 3.15 bits per heavy atom. The van der Waals surface area contributed by atoms with Crippen LogP contribution in [0.5, 0.6) is 0 Å². The molecule has 0 aromatic heterocycles. The maximum atomic E-state index is 12.0. The van der Waals surface area contributed by atoms with Gasteiger partial charge < -0.3 is 4.74 Å². The number of hydrogen-bond acceptors (Lipinski definition) is 3. The minimum absolute atomic E-state index is 0.124. The lowest BCUT2D eigenvalue weighted by Gasteiger charge is -2.34. The number of rotatable bonds is 2. The minimum atomic E-state index is -0.230. The molecule has 0 radical (unpaired) electrons. The SMILES string of the molecule is CCOC(=O)C1=CC2CCN3CCC=CC(Cl)C(=C1)C23. The van der Waals surface area contributed by atoms with E-state index in [9.17, 15) is 4.79 Å². The Morgan fingerprint density at radius 1 is 1.50 bits per heavy atom. The Morgan fingerprint density at radius 2 is 2.35 bits per heavy atom. The first-order valence-corrected chi connectivity index (χ1v) is 7.79. The molecule has 0 saturated carbocycles. The molecule has 108 valence electrons. The standard InChI is InChI=1S/C16H20ClNO2/c1-2-20-16(19)12-9-11-6-8-18-7-4-3-5-14(17)13(10-12)15(11)18/h3,5,9-11,14-15H,2,4,6-8H2,1H3. The average Bonchev–Trinajstić information content (AvgIpc) is 2.84. The molecule has 20 heavy (non-hydrogen) atoms. The van der Waals surface area contributed by atoms with E-state index in [-0.39, 0.29) is 11.3 Å². The first-order valence-electron chi connectivity index (χ1n) is 7.36. The van der Waals surface area contributed by atoms with Gasteiger partial charge in [-0.2, -0.15) is 0 Å². The molecule has 0 spiro atoms. The number of carbonyl (C=O) groups excluding carboxylic acids is 1. The lowest BCUT2D eigenvalue weighted by Crippen LogP contribution is -2.39. The van der Waals surface area contributed by atoms with Crippen LogP contribution in [-0.4, -0.2) is 42.0 Å². The molecule has 0 aromatic rings. The van der Waals surface area contributed by atoms with E-state index >= 15 is 0 Å². The van der Waals surface area contributed by atoms with E-state index in [0.717, 1.165) is 31.5 Å². The van der Waals surface area contributed by atoms with Crippen molar-refractivity contribution in [1.29, 1.82) is 0 Å². The Kier molecular flexibility index (Phi) is 3.99. The average molecular weight is 294 g/mol. The van der Waals surface area contributed by atoms with Gasteiger partial charge in [0.05, 0.1) is 17.6 Å². The van der Waals surface area contributed by atoms with Crippen molar-refractivity contribution in [2.75, 3.05) is 19.7 Å². The summed E-state index contributed by atoms with van der Waals surface area (Å²) in [5, 5.41) is -0.124. The quantitative estimate of drug-likeness (QED) is 0.445. The second-order valence-corrected chi connectivity index (χ2v) is 6.01. The van der Waals surface area contributed by atoms with Crippen LogP contribution in [-0.2, 0) is 9.53 Å². The van der Waals surface area contributed by atoms with Crippen LogP contribution >= 0.6 is 11.6 Å². The van der Waals surface area contributed by atoms with Crippen molar-refractivity contribution in [3.63, 3.8) is 0 Å². The predicted octanol–water partition coefficient (Wildman–Crippen LogP) is 2.67. The molecule has 0 bridgehead atoms. The van der Waals surface area contributed by atoms with E-state index in [1.54, 1.807) is 0 Å². The third kappa shape index (κ3) is 2.45. The van der Waals surface area contributed by atoms with Crippen LogP contribution < -0.4 is 0 Å². The fraction of sp³-hybridized carbons (Fsp3) is 0.562. The molecule has 3 rings (SSSR count).